The van der Waals surface area contributed by atoms with E-state index in [4.69, 9.17) is 0 Å². The third-order valence-corrected chi connectivity index (χ3v) is 7.26. The van der Waals surface area contributed by atoms with E-state index in [0.29, 0.717) is 28.0 Å². The minimum absolute atomic E-state index is 0.0743. The van der Waals surface area contributed by atoms with Crippen molar-refractivity contribution in [3.05, 3.63) is 88.4 Å². The molecule has 3 aromatic carbocycles. The van der Waals surface area contributed by atoms with Crippen molar-refractivity contribution in [2.75, 3.05) is 22.7 Å². The number of hydrogen-bond donors (Lipinski definition) is 2. The van der Waals surface area contributed by atoms with E-state index in [1.165, 1.54) is 12.1 Å². The summed E-state index contributed by atoms with van der Waals surface area (Å²) >= 11 is 3.36. The Morgan fingerprint density at radius 1 is 0.971 bits per heavy atom. The van der Waals surface area contributed by atoms with E-state index in [1.54, 1.807) is 60.7 Å². The topological polar surface area (TPSA) is 95.6 Å². The predicted octanol–water partition coefficient (Wildman–Crippen LogP) is 4.73. The van der Waals surface area contributed by atoms with Crippen LogP contribution >= 0.6 is 15.9 Å². The van der Waals surface area contributed by atoms with Crippen LogP contribution in [0, 0.1) is 6.92 Å². The summed E-state index contributed by atoms with van der Waals surface area (Å²) in [6.07, 6.45) is 0.777. The zero-order valence-corrected chi connectivity index (χ0v) is 21.3. The second-order valence-electron chi connectivity index (χ2n) is 7.65. The number of aryl methyl sites for hydroxylation is 1. The minimum atomic E-state index is -4.04. The number of carbonyl (C=O) groups is 2. The molecule has 9 heteroatoms. The molecule has 0 atom stereocenters. The van der Waals surface area contributed by atoms with Gasteiger partial charge in [-0.2, -0.15) is 0 Å². The van der Waals surface area contributed by atoms with Gasteiger partial charge in [0.15, 0.2) is 0 Å². The van der Waals surface area contributed by atoms with E-state index in [2.05, 4.69) is 26.6 Å². The molecule has 0 fully saturated rings. The van der Waals surface area contributed by atoms with Gasteiger partial charge in [0.25, 0.3) is 15.9 Å². The van der Waals surface area contributed by atoms with E-state index in [1.807, 2.05) is 13.8 Å². The van der Waals surface area contributed by atoms with Gasteiger partial charge in [-0.3, -0.25) is 13.9 Å². The van der Waals surface area contributed by atoms with Crippen molar-refractivity contribution in [2.24, 2.45) is 0 Å². The molecule has 2 amide bonds. The summed E-state index contributed by atoms with van der Waals surface area (Å²) in [6, 6.07) is 19.8. The number of nitrogens with one attached hydrogen (secondary N) is 2. The number of sulfonamides is 1. The highest BCUT2D eigenvalue weighted by molar-refractivity contribution is 9.10. The molecule has 0 aliphatic carbocycles. The van der Waals surface area contributed by atoms with Crippen molar-refractivity contribution in [1.29, 1.82) is 0 Å². The lowest BCUT2D eigenvalue weighted by Crippen LogP contribution is -2.38. The average Bonchev–Trinajstić information content (AvgIpc) is 2.81. The van der Waals surface area contributed by atoms with Gasteiger partial charge in [0.2, 0.25) is 5.91 Å². The number of nitrogens with zero attached hydrogens (tertiary/aromatic N) is 1. The second kappa shape index (κ2) is 11.3. The molecule has 0 aliphatic rings. The predicted molar refractivity (Wildman–Crippen MR) is 138 cm³/mol. The van der Waals surface area contributed by atoms with Crippen LogP contribution in [0.5, 0.6) is 0 Å². The third kappa shape index (κ3) is 6.24. The normalized spacial score (nSPS) is 11.0. The molecule has 3 aromatic rings. The van der Waals surface area contributed by atoms with Crippen molar-refractivity contribution in [1.82, 2.24) is 5.32 Å². The zero-order chi connectivity index (χ0) is 24.7. The zero-order valence-electron chi connectivity index (χ0n) is 18.9. The number of amides is 2. The number of anilines is 2. The van der Waals surface area contributed by atoms with E-state index in [0.717, 1.165) is 16.3 Å². The Morgan fingerprint density at radius 3 is 2.35 bits per heavy atom. The molecular formula is C25H26BrN3O4S. The molecule has 178 valence electrons. The van der Waals surface area contributed by atoms with Crippen molar-refractivity contribution in [3.63, 3.8) is 0 Å². The Kier molecular flexibility index (Phi) is 8.46. The van der Waals surface area contributed by atoms with Crippen LogP contribution in [0.2, 0.25) is 0 Å². The summed E-state index contributed by atoms with van der Waals surface area (Å²) in [5.41, 5.74) is 1.87. The minimum Gasteiger partial charge on any atom is -0.352 e. The van der Waals surface area contributed by atoms with E-state index < -0.39 is 22.5 Å². The van der Waals surface area contributed by atoms with Gasteiger partial charge < -0.3 is 10.6 Å². The Balaban J connectivity index is 1.92. The highest BCUT2D eigenvalue weighted by Crippen LogP contribution is 2.27. The first-order valence-corrected chi connectivity index (χ1v) is 13.0. The molecule has 0 unspecified atom stereocenters. The number of halogens is 1. The van der Waals surface area contributed by atoms with Crippen molar-refractivity contribution < 1.29 is 18.0 Å². The molecule has 7 nitrogen and oxygen atoms in total. The summed E-state index contributed by atoms with van der Waals surface area (Å²) in [5.74, 6) is -0.889. The number of rotatable bonds is 9. The lowest BCUT2D eigenvalue weighted by molar-refractivity contribution is -0.114. The van der Waals surface area contributed by atoms with Crippen LogP contribution in [0.3, 0.4) is 0 Å². The maximum atomic E-state index is 13.5. The Labute approximate surface area is 208 Å². The van der Waals surface area contributed by atoms with Crippen LogP contribution in [0.4, 0.5) is 11.4 Å². The number of hydrogen-bond acceptors (Lipinski definition) is 4. The quantitative estimate of drug-likeness (QED) is 0.407. The fraction of sp³-hybridized carbons (Fsp3) is 0.200. The van der Waals surface area contributed by atoms with Crippen LogP contribution in [-0.4, -0.2) is 33.3 Å². The summed E-state index contributed by atoms with van der Waals surface area (Å²) in [7, 11) is -4.04. The largest absolute Gasteiger partial charge is 0.352 e. The molecule has 0 bridgehead atoms. The number of para-hydroxylation sites is 1. The maximum Gasteiger partial charge on any atom is 0.264 e. The average molecular weight is 544 g/mol. The Morgan fingerprint density at radius 2 is 1.68 bits per heavy atom. The van der Waals surface area contributed by atoms with Crippen LogP contribution in [-0.2, 0) is 14.8 Å². The lowest BCUT2D eigenvalue weighted by Gasteiger charge is -2.24. The van der Waals surface area contributed by atoms with Gasteiger partial charge in [-0.1, -0.05) is 58.7 Å². The highest BCUT2D eigenvalue weighted by atomic mass is 79.9. The molecule has 0 aromatic heterocycles. The Bertz CT molecular complexity index is 1280. The lowest BCUT2D eigenvalue weighted by atomic mass is 10.1. The van der Waals surface area contributed by atoms with E-state index >= 15 is 0 Å². The molecule has 0 saturated carbocycles. The third-order valence-electron chi connectivity index (χ3n) is 4.97. The summed E-state index contributed by atoms with van der Waals surface area (Å²) in [4.78, 5) is 25.6. The van der Waals surface area contributed by atoms with Gasteiger partial charge in [0, 0.05) is 11.0 Å². The van der Waals surface area contributed by atoms with Gasteiger partial charge in [-0.05, 0) is 55.8 Å². The molecule has 0 spiro atoms. The van der Waals surface area contributed by atoms with Gasteiger partial charge >= 0.3 is 0 Å². The van der Waals surface area contributed by atoms with Crippen molar-refractivity contribution in [3.8, 4) is 0 Å². The first kappa shape index (κ1) is 25.5. The standard InChI is InChI=1S/C25H26BrN3O4S/c1-3-15-27-25(31)22-9-4-5-10-23(22)28-24(30)17-29(20-8-6-7-19(26)16-20)34(32,33)21-13-11-18(2)12-14-21/h4-14,16H,3,15,17H2,1-2H3,(H,27,31)(H,28,30). The van der Waals surface area contributed by atoms with Gasteiger partial charge in [-0.25, -0.2) is 8.42 Å². The second-order valence-corrected chi connectivity index (χ2v) is 10.4. The number of benzene rings is 3. The van der Waals surface area contributed by atoms with Crippen LogP contribution < -0.4 is 14.9 Å². The molecule has 0 saturated heterocycles. The first-order chi connectivity index (χ1) is 16.2. The summed E-state index contributed by atoms with van der Waals surface area (Å²) in [6.45, 7) is 3.84. The smallest absolute Gasteiger partial charge is 0.264 e. The SMILES string of the molecule is CCCNC(=O)c1ccccc1NC(=O)CN(c1cccc(Br)c1)S(=O)(=O)c1ccc(C)cc1. The summed E-state index contributed by atoms with van der Waals surface area (Å²) < 4.78 is 28.7. The molecule has 0 radical (unpaired) electrons. The van der Waals surface area contributed by atoms with Gasteiger partial charge in [0.05, 0.1) is 21.8 Å². The molecule has 34 heavy (non-hydrogen) atoms. The van der Waals surface area contributed by atoms with Crippen LogP contribution in [0.15, 0.2) is 82.2 Å². The molecule has 0 aliphatic heterocycles. The van der Waals surface area contributed by atoms with Gasteiger partial charge in [-0.15, -0.1) is 0 Å². The van der Waals surface area contributed by atoms with Crippen LogP contribution in [0.25, 0.3) is 0 Å². The molecular weight excluding hydrogens is 518 g/mol. The number of carbonyl (C=O) groups excluding carboxylic acids is 2. The maximum absolute atomic E-state index is 13.5. The molecule has 3 rings (SSSR count). The monoisotopic (exact) mass is 543 g/mol. The Hall–Kier alpha value is -3.17. The molecule has 0 heterocycles. The van der Waals surface area contributed by atoms with Gasteiger partial charge in [0.1, 0.15) is 6.54 Å². The van der Waals surface area contributed by atoms with E-state index in [9.17, 15) is 18.0 Å². The van der Waals surface area contributed by atoms with E-state index in [-0.39, 0.29) is 10.8 Å². The summed E-state index contributed by atoms with van der Waals surface area (Å²) in [5, 5.41) is 5.48. The van der Waals surface area contributed by atoms with Crippen LogP contribution in [0.1, 0.15) is 29.3 Å². The highest BCUT2D eigenvalue weighted by Gasteiger charge is 2.28. The fourth-order valence-electron chi connectivity index (χ4n) is 3.23. The fourth-order valence-corrected chi connectivity index (χ4v) is 5.03. The van der Waals surface area contributed by atoms with Crippen molar-refractivity contribution in [2.45, 2.75) is 25.2 Å². The van der Waals surface area contributed by atoms with Crippen molar-refractivity contribution >= 4 is 49.1 Å². The first-order valence-electron chi connectivity index (χ1n) is 10.7. The molecule has 2 N–H and O–H groups in total.